The fourth-order valence-corrected chi connectivity index (χ4v) is 1.62. The Kier molecular flexibility index (Phi) is 5.17. The van der Waals surface area contributed by atoms with Gasteiger partial charge in [0.15, 0.2) is 0 Å². The van der Waals surface area contributed by atoms with Crippen LogP contribution in [0.1, 0.15) is 0 Å². The molecule has 1 atom stereocenters. The predicted molar refractivity (Wildman–Crippen MR) is 66.1 cm³/mol. The summed E-state index contributed by atoms with van der Waals surface area (Å²) in [5, 5.41) is 20.2. The molecule has 0 bridgehead atoms. The zero-order valence-electron chi connectivity index (χ0n) is 8.10. The van der Waals surface area contributed by atoms with E-state index >= 15 is 0 Å². The second-order valence-corrected chi connectivity index (χ2v) is 4.58. The molecule has 0 heterocycles. The number of alkyl halides is 1. The Bertz CT molecular complexity index is 386. The molecule has 0 amide bonds. The fraction of sp³-hybridized carbons (Fsp3) is 0.333. The normalized spacial score (nSPS) is 12.2. The minimum absolute atomic E-state index is 0.0577. The van der Waals surface area contributed by atoms with E-state index < -0.39 is 11.0 Å². The van der Waals surface area contributed by atoms with E-state index in [1.165, 1.54) is 12.1 Å². The van der Waals surface area contributed by atoms with E-state index in [1.807, 2.05) is 0 Å². The number of hydrogen-bond donors (Lipinski definition) is 1. The summed E-state index contributed by atoms with van der Waals surface area (Å²) in [6.45, 7) is 0.0822. The molecule has 0 aliphatic rings. The van der Waals surface area contributed by atoms with Gasteiger partial charge in [0.2, 0.25) is 0 Å². The lowest BCUT2D eigenvalue weighted by Gasteiger charge is -2.09. The minimum Gasteiger partial charge on any atom is -0.491 e. The van der Waals surface area contributed by atoms with Crippen molar-refractivity contribution in [3.63, 3.8) is 0 Å². The number of nitro benzene ring substituents is 1. The number of aliphatic hydroxyl groups is 1. The number of rotatable bonds is 5. The van der Waals surface area contributed by atoms with E-state index in [4.69, 9.17) is 4.74 Å². The van der Waals surface area contributed by atoms with Crippen LogP contribution in [-0.4, -0.2) is 28.1 Å². The third-order valence-corrected chi connectivity index (χ3v) is 2.89. The monoisotopic (exact) mass is 353 g/mol. The van der Waals surface area contributed by atoms with Crippen molar-refractivity contribution in [3.8, 4) is 5.75 Å². The van der Waals surface area contributed by atoms with Crippen molar-refractivity contribution >= 4 is 37.5 Å². The Labute approximate surface area is 109 Å². The third kappa shape index (κ3) is 4.07. The second-order valence-electron chi connectivity index (χ2n) is 3.02. The number of nitrogens with zero attached hydrogens (tertiary/aromatic N) is 1. The average molecular weight is 355 g/mol. The largest absolute Gasteiger partial charge is 0.491 e. The number of halogens is 2. The van der Waals surface area contributed by atoms with Gasteiger partial charge in [0, 0.05) is 15.9 Å². The van der Waals surface area contributed by atoms with E-state index in [-0.39, 0.29) is 12.3 Å². The van der Waals surface area contributed by atoms with E-state index in [0.29, 0.717) is 15.6 Å². The van der Waals surface area contributed by atoms with Crippen LogP contribution in [0.3, 0.4) is 0 Å². The van der Waals surface area contributed by atoms with Crippen LogP contribution in [0.2, 0.25) is 0 Å². The van der Waals surface area contributed by atoms with E-state index in [2.05, 4.69) is 31.9 Å². The zero-order valence-corrected chi connectivity index (χ0v) is 11.3. The van der Waals surface area contributed by atoms with Gasteiger partial charge in [-0.2, -0.15) is 0 Å². The summed E-state index contributed by atoms with van der Waals surface area (Å²) in [5.74, 6) is 0.348. The van der Waals surface area contributed by atoms with Crippen LogP contribution >= 0.6 is 31.9 Å². The quantitative estimate of drug-likeness (QED) is 0.501. The molecule has 1 N–H and O–H groups in total. The molecule has 0 aliphatic carbocycles. The zero-order chi connectivity index (χ0) is 12.1. The maximum absolute atomic E-state index is 10.6. The van der Waals surface area contributed by atoms with Crippen molar-refractivity contribution in [2.24, 2.45) is 0 Å². The second kappa shape index (κ2) is 6.17. The van der Waals surface area contributed by atoms with Crippen molar-refractivity contribution < 1.29 is 14.8 Å². The lowest BCUT2D eigenvalue weighted by molar-refractivity contribution is -0.385. The molecule has 1 unspecified atom stereocenters. The van der Waals surface area contributed by atoms with Gasteiger partial charge >= 0.3 is 0 Å². The van der Waals surface area contributed by atoms with Gasteiger partial charge in [0.05, 0.1) is 17.1 Å². The van der Waals surface area contributed by atoms with Gasteiger partial charge in [-0.25, -0.2) is 0 Å². The highest BCUT2D eigenvalue weighted by Gasteiger charge is 2.10. The van der Waals surface area contributed by atoms with Gasteiger partial charge in [0.1, 0.15) is 12.4 Å². The summed E-state index contributed by atoms with van der Waals surface area (Å²) in [6, 6.07) is 4.30. The fourth-order valence-electron chi connectivity index (χ4n) is 0.974. The SMILES string of the molecule is O=[N+]([O-])c1cc(Br)cc(OCC(O)CBr)c1. The molecule has 1 aromatic carbocycles. The average Bonchev–Trinajstić information content (AvgIpc) is 2.25. The maximum Gasteiger partial charge on any atom is 0.274 e. The Morgan fingerprint density at radius 3 is 2.75 bits per heavy atom. The number of hydrogen-bond acceptors (Lipinski definition) is 4. The van der Waals surface area contributed by atoms with Gasteiger partial charge in [0.25, 0.3) is 5.69 Å². The summed E-state index contributed by atoms with van der Waals surface area (Å²) in [6.07, 6.45) is -0.641. The molecular formula is C9H9Br2NO4. The minimum atomic E-state index is -0.641. The molecule has 0 aromatic heterocycles. The van der Waals surface area contributed by atoms with Crippen LogP contribution in [0.5, 0.6) is 5.75 Å². The first-order valence-electron chi connectivity index (χ1n) is 4.34. The number of non-ortho nitro benzene ring substituents is 1. The molecular weight excluding hydrogens is 346 g/mol. The van der Waals surface area contributed by atoms with Gasteiger partial charge in [-0.15, -0.1) is 0 Å². The standard InChI is InChI=1S/C9H9Br2NO4/c10-4-8(13)5-16-9-2-6(11)1-7(3-9)12(14)15/h1-3,8,13H,4-5H2. The van der Waals surface area contributed by atoms with Crippen molar-refractivity contribution in [1.82, 2.24) is 0 Å². The van der Waals surface area contributed by atoms with Crippen LogP contribution in [0.4, 0.5) is 5.69 Å². The van der Waals surface area contributed by atoms with Crippen LogP contribution in [0.25, 0.3) is 0 Å². The molecule has 5 nitrogen and oxygen atoms in total. The molecule has 1 rings (SSSR count). The summed E-state index contributed by atoms with van der Waals surface area (Å²) in [5.41, 5.74) is -0.0577. The highest BCUT2D eigenvalue weighted by Crippen LogP contribution is 2.26. The van der Waals surface area contributed by atoms with Crippen LogP contribution in [0.15, 0.2) is 22.7 Å². The first kappa shape index (κ1) is 13.4. The first-order valence-corrected chi connectivity index (χ1v) is 6.26. The summed E-state index contributed by atoms with van der Waals surface area (Å²) < 4.78 is 5.78. The lowest BCUT2D eigenvalue weighted by atomic mass is 10.3. The summed E-state index contributed by atoms with van der Waals surface area (Å²) in [7, 11) is 0. The highest BCUT2D eigenvalue weighted by atomic mass is 79.9. The van der Waals surface area contributed by atoms with Gasteiger partial charge in [-0.1, -0.05) is 31.9 Å². The predicted octanol–water partition coefficient (Wildman–Crippen LogP) is 2.49. The summed E-state index contributed by atoms with van der Waals surface area (Å²) >= 11 is 6.24. The van der Waals surface area contributed by atoms with Crippen molar-refractivity contribution in [2.45, 2.75) is 6.10 Å². The molecule has 0 saturated heterocycles. The highest BCUT2D eigenvalue weighted by molar-refractivity contribution is 9.10. The molecule has 7 heteroatoms. The Morgan fingerprint density at radius 1 is 1.50 bits per heavy atom. The van der Waals surface area contributed by atoms with E-state index in [1.54, 1.807) is 6.07 Å². The van der Waals surface area contributed by atoms with Crippen molar-refractivity contribution in [2.75, 3.05) is 11.9 Å². The number of aliphatic hydroxyl groups excluding tert-OH is 1. The van der Waals surface area contributed by atoms with Crippen molar-refractivity contribution in [3.05, 3.63) is 32.8 Å². The number of ether oxygens (including phenoxy) is 1. The number of benzene rings is 1. The molecule has 0 radical (unpaired) electrons. The van der Waals surface area contributed by atoms with Crippen LogP contribution in [-0.2, 0) is 0 Å². The molecule has 1 aromatic rings. The molecule has 16 heavy (non-hydrogen) atoms. The molecule has 0 spiro atoms. The Balaban J connectivity index is 2.76. The smallest absolute Gasteiger partial charge is 0.274 e. The van der Waals surface area contributed by atoms with Gasteiger partial charge in [-0.3, -0.25) is 10.1 Å². The Morgan fingerprint density at radius 2 is 2.19 bits per heavy atom. The molecule has 0 fully saturated rings. The molecule has 88 valence electrons. The lowest BCUT2D eigenvalue weighted by Crippen LogP contribution is -2.18. The third-order valence-electron chi connectivity index (χ3n) is 1.69. The van der Waals surface area contributed by atoms with Crippen molar-refractivity contribution in [1.29, 1.82) is 0 Å². The first-order chi connectivity index (χ1) is 7.52. The van der Waals surface area contributed by atoms with E-state index in [0.717, 1.165) is 0 Å². The van der Waals surface area contributed by atoms with Gasteiger partial charge in [-0.05, 0) is 6.07 Å². The van der Waals surface area contributed by atoms with Crippen LogP contribution in [0, 0.1) is 10.1 Å². The van der Waals surface area contributed by atoms with Gasteiger partial charge < -0.3 is 9.84 Å². The maximum atomic E-state index is 10.6. The Hall–Kier alpha value is -0.660. The van der Waals surface area contributed by atoms with E-state index in [9.17, 15) is 15.2 Å². The molecule has 0 aliphatic heterocycles. The topological polar surface area (TPSA) is 72.6 Å². The summed E-state index contributed by atoms with van der Waals surface area (Å²) in [4.78, 5) is 10.1. The molecule has 0 saturated carbocycles. The van der Waals surface area contributed by atoms with Crippen LogP contribution < -0.4 is 4.74 Å². The number of nitro groups is 1.